The lowest BCUT2D eigenvalue weighted by Crippen LogP contribution is -2.14. The number of amides is 2. The van der Waals surface area contributed by atoms with Crippen molar-refractivity contribution in [2.75, 3.05) is 10.6 Å². The van der Waals surface area contributed by atoms with Crippen LogP contribution in [0.1, 0.15) is 25.7 Å². The smallest absolute Gasteiger partial charge is 0.257 e. The van der Waals surface area contributed by atoms with E-state index in [9.17, 15) is 18.0 Å². The highest BCUT2D eigenvalue weighted by molar-refractivity contribution is 7.90. The topological polar surface area (TPSA) is 118 Å². The van der Waals surface area contributed by atoms with E-state index in [1.807, 2.05) is 6.07 Å². The minimum atomic E-state index is -3.57. The summed E-state index contributed by atoms with van der Waals surface area (Å²) >= 11 is 0.986. The first-order chi connectivity index (χ1) is 15.9. The predicted molar refractivity (Wildman–Crippen MR) is 126 cm³/mol. The van der Waals surface area contributed by atoms with Crippen LogP contribution in [-0.4, -0.2) is 30.4 Å². The Hall–Kier alpha value is -3.89. The van der Waals surface area contributed by atoms with Gasteiger partial charge in [0.25, 0.3) is 11.8 Å². The molecule has 33 heavy (non-hydrogen) atoms. The number of hydrogen-bond donors (Lipinski definition) is 2. The summed E-state index contributed by atoms with van der Waals surface area (Å²) < 4.78 is 25.0. The first kappa shape index (κ1) is 22.3. The van der Waals surface area contributed by atoms with E-state index in [0.717, 1.165) is 11.3 Å². The molecule has 3 aromatic carbocycles. The standard InChI is InChI=1S/C23H18N4O4S2/c28-21(16-8-3-1-4-9-16)24-18-11-7-10-17(14-18)22(29)25-23-27-26-20(32-23)15-33(30,31)19-12-5-2-6-13-19/h1-14H,15H2,(H,24,28)(H,25,27,29). The monoisotopic (exact) mass is 478 g/mol. The number of aromatic nitrogens is 2. The summed E-state index contributed by atoms with van der Waals surface area (Å²) in [4.78, 5) is 25.2. The first-order valence-corrected chi connectivity index (χ1v) is 12.3. The molecule has 0 aliphatic rings. The van der Waals surface area contributed by atoms with E-state index >= 15 is 0 Å². The zero-order chi connectivity index (χ0) is 23.3. The maximum absolute atomic E-state index is 12.6. The highest BCUT2D eigenvalue weighted by atomic mass is 32.2. The number of nitrogens with one attached hydrogen (secondary N) is 2. The van der Waals surface area contributed by atoms with Crippen molar-refractivity contribution in [1.82, 2.24) is 10.2 Å². The van der Waals surface area contributed by atoms with Crippen LogP contribution >= 0.6 is 11.3 Å². The van der Waals surface area contributed by atoms with Crippen LogP contribution in [0, 0.1) is 0 Å². The van der Waals surface area contributed by atoms with Gasteiger partial charge in [-0.15, -0.1) is 10.2 Å². The summed E-state index contributed by atoms with van der Waals surface area (Å²) in [6.45, 7) is 0. The lowest BCUT2D eigenvalue weighted by atomic mass is 10.1. The Bertz CT molecular complexity index is 1390. The molecule has 0 spiro atoms. The van der Waals surface area contributed by atoms with Crippen LogP contribution in [0.5, 0.6) is 0 Å². The van der Waals surface area contributed by atoms with Crippen LogP contribution in [0.25, 0.3) is 0 Å². The highest BCUT2D eigenvalue weighted by Crippen LogP contribution is 2.22. The molecular formula is C23H18N4O4S2. The largest absolute Gasteiger partial charge is 0.322 e. The quantitative estimate of drug-likeness (QED) is 0.414. The molecule has 4 rings (SSSR count). The van der Waals surface area contributed by atoms with E-state index in [-0.39, 0.29) is 26.7 Å². The van der Waals surface area contributed by atoms with Gasteiger partial charge in [-0.2, -0.15) is 0 Å². The molecule has 0 saturated carbocycles. The fourth-order valence-corrected chi connectivity index (χ4v) is 5.29. The van der Waals surface area contributed by atoms with Crippen LogP contribution in [0.4, 0.5) is 10.8 Å². The molecule has 166 valence electrons. The third-order valence-electron chi connectivity index (χ3n) is 4.52. The van der Waals surface area contributed by atoms with Gasteiger partial charge in [-0.25, -0.2) is 8.42 Å². The van der Waals surface area contributed by atoms with E-state index in [4.69, 9.17) is 0 Å². The van der Waals surface area contributed by atoms with Crippen LogP contribution < -0.4 is 10.6 Å². The maximum Gasteiger partial charge on any atom is 0.257 e. The molecule has 4 aromatic rings. The summed E-state index contributed by atoms with van der Waals surface area (Å²) in [6, 6.07) is 23.2. The molecule has 1 heterocycles. The van der Waals surface area contributed by atoms with Gasteiger partial charge in [-0.1, -0.05) is 53.8 Å². The molecule has 0 radical (unpaired) electrons. The van der Waals surface area contributed by atoms with Crippen molar-refractivity contribution in [2.45, 2.75) is 10.6 Å². The molecule has 1 aromatic heterocycles. The van der Waals surface area contributed by atoms with Gasteiger partial charge in [-0.05, 0) is 42.5 Å². The molecule has 2 N–H and O–H groups in total. The molecule has 0 aliphatic heterocycles. The van der Waals surface area contributed by atoms with Gasteiger partial charge in [0.1, 0.15) is 10.8 Å². The fraction of sp³-hybridized carbons (Fsp3) is 0.0435. The van der Waals surface area contributed by atoms with Gasteiger partial charge in [0.05, 0.1) is 4.90 Å². The van der Waals surface area contributed by atoms with E-state index < -0.39 is 15.7 Å². The molecule has 0 fully saturated rings. The molecule has 10 heteroatoms. The number of rotatable bonds is 7. The maximum atomic E-state index is 12.6. The Balaban J connectivity index is 1.41. The van der Waals surface area contributed by atoms with Crippen LogP contribution in [0.15, 0.2) is 89.8 Å². The Morgan fingerprint density at radius 2 is 1.39 bits per heavy atom. The van der Waals surface area contributed by atoms with Gasteiger partial charge in [0.2, 0.25) is 5.13 Å². The molecule has 0 aliphatic carbocycles. The SMILES string of the molecule is O=C(Nc1cccc(C(=O)Nc2nnc(CS(=O)(=O)c3ccccc3)s2)c1)c1ccccc1. The van der Waals surface area contributed by atoms with Crippen LogP contribution in [0.2, 0.25) is 0 Å². The van der Waals surface area contributed by atoms with E-state index in [1.165, 1.54) is 18.2 Å². The zero-order valence-electron chi connectivity index (χ0n) is 17.1. The Morgan fingerprint density at radius 3 is 2.12 bits per heavy atom. The minimum Gasteiger partial charge on any atom is -0.322 e. The Morgan fingerprint density at radius 1 is 0.758 bits per heavy atom. The summed E-state index contributed by atoms with van der Waals surface area (Å²) in [6.07, 6.45) is 0. The van der Waals surface area contributed by atoms with Crippen molar-refractivity contribution in [3.05, 3.63) is 101 Å². The van der Waals surface area contributed by atoms with Crippen molar-refractivity contribution in [2.24, 2.45) is 0 Å². The van der Waals surface area contributed by atoms with Crippen molar-refractivity contribution >= 4 is 43.8 Å². The summed E-state index contributed by atoms with van der Waals surface area (Å²) in [5.41, 5.74) is 1.26. The Kier molecular flexibility index (Phi) is 6.57. The van der Waals surface area contributed by atoms with Crippen molar-refractivity contribution in [3.8, 4) is 0 Å². The van der Waals surface area contributed by atoms with Gasteiger partial charge < -0.3 is 5.32 Å². The van der Waals surface area contributed by atoms with Gasteiger partial charge in [0, 0.05) is 16.8 Å². The summed E-state index contributed by atoms with van der Waals surface area (Å²) in [7, 11) is -3.57. The second-order valence-corrected chi connectivity index (χ2v) is 9.98. The Labute approximate surface area is 194 Å². The van der Waals surface area contributed by atoms with Gasteiger partial charge in [-0.3, -0.25) is 14.9 Å². The molecular weight excluding hydrogens is 460 g/mol. The summed E-state index contributed by atoms with van der Waals surface area (Å²) in [5, 5.41) is 13.6. The van der Waals surface area contributed by atoms with Gasteiger partial charge in [0.15, 0.2) is 9.84 Å². The van der Waals surface area contributed by atoms with Crippen LogP contribution in [0.3, 0.4) is 0 Å². The second kappa shape index (κ2) is 9.72. The molecule has 8 nitrogen and oxygen atoms in total. The lowest BCUT2D eigenvalue weighted by Gasteiger charge is -2.07. The number of hydrogen-bond acceptors (Lipinski definition) is 7. The normalized spacial score (nSPS) is 11.0. The van der Waals surface area contributed by atoms with E-state index in [0.29, 0.717) is 16.8 Å². The lowest BCUT2D eigenvalue weighted by molar-refractivity contribution is 0.101. The molecule has 0 unspecified atom stereocenters. The zero-order valence-corrected chi connectivity index (χ0v) is 18.8. The molecule has 0 bridgehead atoms. The third kappa shape index (κ3) is 5.68. The number of anilines is 2. The number of benzene rings is 3. The number of sulfone groups is 1. The molecule has 0 saturated heterocycles. The van der Waals surface area contributed by atoms with E-state index in [2.05, 4.69) is 20.8 Å². The number of carbonyl (C=O) groups is 2. The number of carbonyl (C=O) groups excluding carboxylic acids is 2. The molecule has 0 atom stereocenters. The van der Waals surface area contributed by atoms with Crippen molar-refractivity contribution in [1.29, 1.82) is 0 Å². The number of nitrogens with zero attached hydrogens (tertiary/aromatic N) is 2. The summed E-state index contributed by atoms with van der Waals surface area (Å²) in [5.74, 6) is -1.06. The fourth-order valence-electron chi connectivity index (χ4n) is 2.94. The third-order valence-corrected chi connectivity index (χ3v) is 7.19. The minimum absolute atomic E-state index is 0.178. The van der Waals surface area contributed by atoms with Crippen LogP contribution in [-0.2, 0) is 15.6 Å². The van der Waals surface area contributed by atoms with Gasteiger partial charge >= 0.3 is 0 Å². The van der Waals surface area contributed by atoms with Crippen molar-refractivity contribution < 1.29 is 18.0 Å². The highest BCUT2D eigenvalue weighted by Gasteiger charge is 2.19. The average molecular weight is 479 g/mol. The predicted octanol–water partition coefficient (Wildman–Crippen LogP) is 4.02. The second-order valence-electron chi connectivity index (χ2n) is 6.93. The average Bonchev–Trinajstić information content (AvgIpc) is 3.26. The van der Waals surface area contributed by atoms with Crippen molar-refractivity contribution in [3.63, 3.8) is 0 Å². The molecule has 2 amide bonds. The first-order valence-electron chi connectivity index (χ1n) is 9.79. The van der Waals surface area contributed by atoms with E-state index in [1.54, 1.807) is 60.7 Å².